The zero-order valence-electron chi connectivity index (χ0n) is 16.6. The van der Waals surface area contributed by atoms with Gasteiger partial charge in [-0.25, -0.2) is 0 Å². The predicted octanol–water partition coefficient (Wildman–Crippen LogP) is 5.94. The van der Waals surface area contributed by atoms with Crippen molar-refractivity contribution in [2.24, 2.45) is 11.1 Å². The molecular weight excluding hydrogens is 300 g/mol. The average molecular weight is 341 g/mol. The van der Waals surface area contributed by atoms with Crippen molar-refractivity contribution in [2.45, 2.75) is 103 Å². The van der Waals surface area contributed by atoms with Crippen molar-refractivity contribution in [3.63, 3.8) is 0 Å². The molecule has 142 valence electrons. The molecule has 4 heteroatoms. The summed E-state index contributed by atoms with van der Waals surface area (Å²) in [4.78, 5) is 24.5. The van der Waals surface area contributed by atoms with Crippen molar-refractivity contribution >= 4 is 5.91 Å². The summed E-state index contributed by atoms with van der Waals surface area (Å²) in [7, 11) is 3.94. The van der Waals surface area contributed by atoms with Crippen molar-refractivity contribution in [2.75, 3.05) is 14.1 Å². The molecule has 24 heavy (non-hydrogen) atoms. The summed E-state index contributed by atoms with van der Waals surface area (Å²) in [6, 6.07) is 0.123. The van der Waals surface area contributed by atoms with Gasteiger partial charge in [0.1, 0.15) is 0 Å². The molecule has 2 atom stereocenters. The first-order valence-corrected chi connectivity index (χ1v) is 10.1. The molecule has 1 amide bonds. The molecule has 0 aromatic carbocycles. The molecule has 0 bridgehead atoms. The highest BCUT2D eigenvalue weighted by Crippen LogP contribution is 2.22. The molecule has 0 spiro atoms. The SMILES string of the molecule is CCCCCCCCCCCCCC(C(=O)N=O)C(CC)N(C)C. The number of carbonyl (C=O) groups is 1. The summed E-state index contributed by atoms with van der Waals surface area (Å²) in [5, 5.41) is 2.69. The van der Waals surface area contributed by atoms with Gasteiger partial charge in [0, 0.05) is 11.2 Å². The molecule has 0 heterocycles. The highest BCUT2D eigenvalue weighted by molar-refractivity contribution is 5.80. The van der Waals surface area contributed by atoms with Crippen LogP contribution in [0, 0.1) is 10.8 Å². The number of carbonyl (C=O) groups excluding carboxylic acids is 1. The number of hydrogen-bond acceptors (Lipinski definition) is 3. The number of unbranched alkanes of at least 4 members (excludes halogenated alkanes) is 10. The molecule has 0 radical (unpaired) electrons. The first-order chi connectivity index (χ1) is 11.6. The van der Waals surface area contributed by atoms with Gasteiger partial charge >= 0.3 is 0 Å². The molecule has 0 aromatic rings. The van der Waals surface area contributed by atoms with Gasteiger partial charge in [0.25, 0.3) is 5.91 Å². The van der Waals surface area contributed by atoms with E-state index in [0.717, 1.165) is 25.7 Å². The standard InChI is InChI=1S/C20H40N2O2/c1-5-7-8-9-10-11-12-13-14-15-16-17-18(20(23)21-24)19(6-2)22(3)4/h18-19H,5-17H2,1-4H3. The van der Waals surface area contributed by atoms with Crippen LogP contribution in [-0.4, -0.2) is 30.9 Å². The Kier molecular flexibility index (Phi) is 15.2. The largest absolute Gasteiger partial charge is 0.306 e. The third kappa shape index (κ3) is 10.9. The lowest BCUT2D eigenvalue weighted by Gasteiger charge is -2.28. The number of hydrogen-bond donors (Lipinski definition) is 0. The maximum Gasteiger partial charge on any atom is 0.290 e. The van der Waals surface area contributed by atoms with Crippen LogP contribution in [0.3, 0.4) is 0 Å². The first kappa shape index (κ1) is 23.2. The van der Waals surface area contributed by atoms with Gasteiger partial charge in [0.05, 0.1) is 5.92 Å². The zero-order valence-corrected chi connectivity index (χ0v) is 16.6. The fourth-order valence-electron chi connectivity index (χ4n) is 3.59. The molecule has 2 unspecified atom stereocenters. The highest BCUT2D eigenvalue weighted by Gasteiger charge is 2.28. The van der Waals surface area contributed by atoms with E-state index < -0.39 is 5.91 Å². The summed E-state index contributed by atoms with van der Waals surface area (Å²) in [5.41, 5.74) is 0. The van der Waals surface area contributed by atoms with Crippen molar-refractivity contribution < 1.29 is 4.79 Å². The van der Waals surface area contributed by atoms with Crippen LogP contribution in [0.15, 0.2) is 5.18 Å². The van der Waals surface area contributed by atoms with Gasteiger partial charge < -0.3 is 4.90 Å². The number of amides is 1. The molecule has 0 aromatic heterocycles. The lowest BCUT2D eigenvalue weighted by Crippen LogP contribution is -2.38. The lowest BCUT2D eigenvalue weighted by atomic mass is 9.90. The maximum atomic E-state index is 11.8. The van der Waals surface area contributed by atoms with Crippen LogP contribution >= 0.6 is 0 Å². The monoisotopic (exact) mass is 340 g/mol. The minimum Gasteiger partial charge on any atom is -0.306 e. The Labute approximate surface area is 149 Å². The van der Waals surface area contributed by atoms with Gasteiger partial charge in [-0.1, -0.05) is 84.5 Å². The summed E-state index contributed by atoms with van der Waals surface area (Å²) in [6.07, 6.45) is 15.9. The third-order valence-electron chi connectivity index (χ3n) is 5.07. The lowest BCUT2D eigenvalue weighted by molar-refractivity contribution is -0.124. The Hall–Kier alpha value is -0.770. The Morgan fingerprint density at radius 2 is 1.29 bits per heavy atom. The molecule has 0 rings (SSSR count). The van der Waals surface area contributed by atoms with E-state index in [4.69, 9.17) is 0 Å². The van der Waals surface area contributed by atoms with Gasteiger partial charge in [-0.2, -0.15) is 0 Å². The molecule has 0 saturated heterocycles. The summed E-state index contributed by atoms with van der Waals surface area (Å²) in [6.45, 7) is 4.32. The van der Waals surface area contributed by atoms with Crippen molar-refractivity contribution in [1.82, 2.24) is 4.90 Å². The maximum absolute atomic E-state index is 11.8. The van der Waals surface area contributed by atoms with E-state index >= 15 is 0 Å². The minimum absolute atomic E-state index is 0.123. The summed E-state index contributed by atoms with van der Waals surface area (Å²) in [5.74, 6) is -0.705. The number of rotatable bonds is 16. The van der Waals surface area contributed by atoms with E-state index in [1.807, 2.05) is 19.0 Å². The Morgan fingerprint density at radius 1 is 0.833 bits per heavy atom. The van der Waals surface area contributed by atoms with Crippen molar-refractivity contribution in [3.05, 3.63) is 4.91 Å². The van der Waals surface area contributed by atoms with Crippen molar-refractivity contribution in [3.8, 4) is 0 Å². The summed E-state index contributed by atoms with van der Waals surface area (Å²) < 4.78 is 0. The van der Waals surface area contributed by atoms with Gasteiger partial charge in [0.15, 0.2) is 0 Å². The van der Waals surface area contributed by atoms with Crippen molar-refractivity contribution in [1.29, 1.82) is 0 Å². The third-order valence-corrected chi connectivity index (χ3v) is 5.07. The van der Waals surface area contributed by atoms with Gasteiger partial charge in [0.2, 0.25) is 0 Å². The van der Waals surface area contributed by atoms with Crippen LogP contribution in [0.2, 0.25) is 0 Å². The van der Waals surface area contributed by atoms with Crippen LogP contribution in [0.5, 0.6) is 0 Å². The van der Waals surface area contributed by atoms with Gasteiger partial charge in [-0.05, 0) is 26.9 Å². The van der Waals surface area contributed by atoms with E-state index in [9.17, 15) is 9.70 Å². The summed E-state index contributed by atoms with van der Waals surface area (Å²) >= 11 is 0. The predicted molar refractivity (Wildman–Crippen MR) is 103 cm³/mol. The second-order valence-electron chi connectivity index (χ2n) is 7.30. The van der Waals surface area contributed by atoms with Crippen LogP contribution in [-0.2, 0) is 4.79 Å². The zero-order chi connectivity index (χ0) is 18.2. The molecule has 0 fully saturated rings. The van der Waals surface area contributed by atoms with Crippen LogP contribution < -0.4 is 0 Å². The Bertz CT molecular complexity index is 319. The van der Waals surface area contributed by atoms with E-state index in [1.54, 1.807) is 0 Å². The van der Waals surface area contributed by atoms with Gasteiger partial charge in [-0.3, -0.25) is 4.79 Å². The molecule has 0 aliphatic rings. The topological polar surface area (TPSA) is 49.7 Å². The second-order valence-corrected chi connectivity index (χ2v) is 7.30. The average Bonchev–Trinajstić information content (AvgIpc) is 2.57. The fourth-order valence-corrected chi connectivity index (χ4v) is 3.59. The highest BCUT2D eigenvalue weighted by atomic mass is 16.3. The molecular formula is C20H40N2O2. The van der Waals surface area contributed by atoms with E-state index in [0.29, 0.717) is 0 Å². The second kappa shape index (κ2) is 15.7. The van der Waals surface area contributed by atoms with E-state index in [-0.39, 0.29) is 12.0 Å². The normalized spacial score (nSPS) is 13.9. The first-order valence-electron chi connectivity index (χ1n) is 10.1. The van der Waals surface area contributed by atoms with Crippen LogP contribution in [0.4, 0.5) is 0 Å². The minimum atomic E-state index is -0.470. The quantitative estimate of drug-likeness (QED) is 0.258. The number of nitrogens with zero attached hydrogens (tertiary/aromatic N) is 2. The molecule has 0 aliphatic carbocycles. The van der Waals surface area contributed by atoms with Crippen LogP contribution in [0.1, 0.15) is 97.3 Å². The molecule has 0 N–H and O–H groups in total. The Balaban J connectivity index is 3.81. The Morgan fingerprint density at radius 3 is 1.67 bits per heavy atom. The van der Waals surface area contributed by atoms with Crippen LogP contribution in [0.25, 0.3) is 0 Å². The molecule has 0 saturated carbocycles. The van der Waals surface area contributed by atoms with E-state index in [2.05, 4.69) is 19.0 Å². The van der Waals surface area contributed by atoms with E-state index in [1.165, 1.54) is 57.8 Å². The van der Waals surface area contributed by atoms with Gasteiger partial charge in [-0.15, -0.1) is 4.91 Å². The smallest absolute Gasteiger partial charge is 0.290 e. The number of nitroso groups, excluding NO2 is 1. The molecule has 4 nitrogen and oxygen atoms in total. The molecule has 0 aliphatic heterocycles. The fraction of sp³-hybridized carbons (Fsp3) is 0.950.